The van der Waals surface area contributed by atoms with Gasteiger partial charge in [0, 0.05) is 29.4 Å². The molecule has 0 radical (unpaired) electrons. The average molecular weight is 471 g/mol. The van der Waals surface area contributed by atoms with Gasteiger partial charge >= 0.3 is 0 Å². The Bertz CT molecular complexity index is 1070. The van der Waals surface area contributed by atoms with Crippen molar-refractivity contribution in [2.75, 3.05) is 17.2 Å². The average Bonchev–Trinajstić information content (AvgIpc) is 2.79. The molecule has 0 atom stereocenters. The third-order valence-electron chi connectivity index (χ3n) is 4.92. The van der Waals surface area contributed by atoms with Crippen LogP contribution in [0.3, 0.4) is 0 Å². The highest BCUT2D eigenvalue weighted by Gasteiger charge is 2.12. The van der Waals surface area contributed by atoms with Gasteiger partial charge in [-0.2, -0.15) is 0 Å². The van der Waals surface area contributed by atoms with Crippen molar-refractivity contribution in [1.82, 2.24) is 0 Å². The van der Waals surface area contributed by atoms with Gasteiger partial charge < -0.3 is 20.1 Å². The maximum Gasteiger partial charge on any atom is 0.226 e. The van der Waals surface area contributed by atoms with E-state index in [1.54, 1.807) is 18.2 Å². The Labute approximate surface area is 198 Å². The van der Waals surface area contributed by atoms with Crippen molar-refractivity contribution in [3.05, 3.63) is 82.6 Å². The van der Waals surface area contributed by atoms with Gasteiger partial charge in [0.2, 0.25) is 5.91 Å². The van der Waals surface area contributed by atoms with Crippen LogP contribution in [0.2, 0.25) is 5.02 Å². The van der Waals surface area contributed by atoms with Crippen LogP contribution in [0.5, 0.6) is 11.5 Å². The van der Waals surface area contributed by atoms with Gasteiger partial charge in [0.15, 0.2) is 11.5 Å². The van der Waals surface area contributed by atoms with Gasteiger partial charge in [0.05, 0.1) is 11.6 Å². The second-order valence-electron chi connectivity index (χ2n) is 7.78. The van der Waals surface area contributed by atoms with Gasteiger partial charge in [-0.1, -0.05) is 37.6 Å². The summed E-state index contributed by atoms with van der Waals surface area (Å²) in [6.45, 7) is 6.64. The van der Waals surface area contributed by atoms with Crippen LogP contribution >= 0.6 is 11.6 Å². The normalized spacial score (nSPS) is 10.7. The predicted molar refractivity (Wildman–Crippen MR) is 131 cm³/mol. The van der Waals surface area contributed by atoms with E-state index in [1.165, 1.54) is 6.07 Å². The van der Waals surface area contributed by atoms with Crippen LogP contribution in [0, 0.1) is 11.7 Å². The number of hydrogen-bond acceptors (Lipinski definition) is 4. The minimum absolute atomic E-state index is 0.00285. The molecule has 2 N–H and O–H groups in total. The van der Waals surface area contributed by atoms with Crippen molar-refractivity contribution in [1.29, 1.82) is 0 Å². The van der Waals surface area contributed by atoms with Crippen molar-refractivity contribution < 1.29 is 18.7 Å². The molecule has 174 valence electrons. The third-order valence-corrected chi connectivity index (χ3v) is 5.27. The smallest absolute Gasteiger partial charge is 0.226 e. The van der Waals surface area contributed by atoms with E-state index < -0.39 is 5.82 Å². The summed E-state index contributed by atoms with van der Waals surface area (Å²) >= 11 is 6.09. The Morgan fingerprint density at radius 2 is 1.73 bits per heavy atom. The number of carbonyl (C=O) groups is 1. The lowest BCUT2D eigenvalue weighted by Crippen LogP contribution is -2.17. The molecule has 3 aromatic rings. The van der Waals surface area contributed by atoms with Crippen LogP contribution in [0.15, 0.2) is 60.7 Å². The number of ether oxygens (including phenoxy) is 2. The molecule has 1 amide bonds. The first-order chi connectivity index (χ1) is 15.9. The first-order valence-corrected chi connectivity index (χ1v) is 11.2. The van der Waals surface area contributed by atoms with Gasteiger partial charge in [-0.15, -0.1) is 0 Å². The zero-order chi connectivity index (χ0) is 23.8. The van der Waals surface area contributed by atoms with Crippen LogP contribution < -0.4 is 20.1 Å². The number of anilines is 2. The number of carbonyl (C=O) groups excluding carboxylic acids is 1. The molecular weight excluding hydrogens is 443 g/mol. The SMILES string of the molecule is CCOc1cc(CNc2ccc(NC(=O)C(C)C)cc2)ccc1OCc1c(F)cccc1Cl. The molecule has 3 aromatic carbocycles. The maximum atomic E-state index is 14.0. The molecule has 7 heteroatoms. The molecule has 0 unspecified atom stereocenters. The van der Waals surface area contributed by atoms with Crippen molar-refractivity contribution in [3.8, 4) is 11.5 Å². The van der Waals surface area contributed by atoms with Gasteiger partial charge in [-0.3, -0.25) is 4.79 Å². The maximum absolute atomic E-state index is 14.0. The summed E-state index contributed by atoms with van der Waals surface area (Å²) in [7, 11) is 0. The second-order valence-corrected chi connectivity index (χ2v) is 8.19. The molecule has 0 spiro atoms. The predicted octanol–water partition coefficient (Wildman–Crippen LogP) is 6.66. The first-order valence-electron chi connectivity index (χ1n) is 10.8. The lowest BCUT2D eigenvalue weighted by molar-refractivity contribution is -0.118. The first kappa shape index (κ1) is 24.4. The molecule has 0 aromatic heterocycles. The number of nitrogens with one attached hydrogen (secondary N) is 2. The van der Waals surface area contributed by atoms with Gasteiger partial charge in [0.25, 0.3) is 0 Å². The molecule has 0 saturated heterocycles. The van der Waals surface area contributed by atoms with Crippen LogP contribution in [-0.4, -0.2) is 12.5 Å². The molecule has 0 aliphatic rings. The fraction of sp³-hybridized carbons (Fsp3) is 0.269. The molecule has 0 aliphatic heterocycles. The standard InChI is InChI=1S/C26H28ClFN2O3/c1-4-32-25-14-18(8-13-24(25)33-16-21-22(27)6-5-7-23(21)28)15-29-19-9-11-20(12-10-19)30-26(31)17(2)3/h5-14,17,29H,4,15-16H2,1-3H3,(H,30,31). The lowest BCUT2D eigenvalue weighted by Gasteiger charge is -2.15. The fourth-order valence-electron chi connectivity index (χ4n) is 3.03. The second kappa shape index (κ2) is 11.6. The molecule has 0 bridgehead atoms. The van der Waals surface area contributed by atoms with E-state index in [0.717, 1.165) is 16.9 Å². The van der Waals surface area contributed by atoms with Crippen molar-refractivity contribution >= 4 is 28.9 Å². The van der Waals surface area contributed by atoms with E-state index >= 15 is 0 Å². The van der Waals surface area contributed by atoms with Crippen molar-refractivity contribution in [2.24, 2.45) is 5.92 Å². The summed E-state index contributed by atoms with van der Waals surface area (Å²) in [6, 6.07) is 17.7. The quantitative estimate of drug-likeness (QED) is 0.347. The fourth-order valence-corrected chi connectivity index (χ4v) is 3.25. The van der Waals surface area contributed by atoms with Crippen LogP contribution in [0.1, 0.15) is 31.9 Å². The summed E-state index contributed by atoms with van der Waals surface area (Å²) in [6.07, 6.45) is 0. The summed E-state index contributed by atoms with van der Waals surface area (Å²) in [4.78, 5) is 11.8. The van der Waals surface area contributed by atoms with Gasteiger partial charge in [-0.05, 0) is 61.0 Å². The Balaban J connectivity index is 1.63. The monoisotopic (exact) mass is 470 g/mol. The highest BCUT2D eigenvalue weighted by atomic mass is 35.5. The molecule has 33 heavy (non-hydrogen) atoms. The van der Waals surface area contributed by atoms with E-state index in [4.69, 9.17) is 21.1 Å². The topological polar surface area (TPSA) is 59.6 Å². The number of hydrogen-bond donors (Lipinski definition) is 2. The minimum Gasteiger partial charge on any atom is -0.490 e. The summed E-state index contributed by atoms with van der Waals surface area (Å²) in [5, 5.41) is 6.54. The lowest BCUT2D eigenvalue weighted by atomic mass is 10.1. The van der Waals surface area contributed by atoms with E-state index in [1.807, 2.05) is 57.2 Å². The molecule has 0 heterocycles. The number of halogens is 2. The number of benzene rings is 3. The Morgan fingerprint density at radius 3 is 2.39 bits per heavy atom. The Kier molecular flexibility index (Phi) is 8.55. The highest BCUT2D eigenvalue weighted by molar-refractivity contribution is 6.31. The zero-order valence-electron chi connectivity index (χ0n) is 19.0. The van der Waals surface area contributed by atoms with Crippen molar-refractivity contribution in [2.45, 2.75) is 33.9 Å². The van der Waals surface area contributed by atoms with Crippen molar-refractivity contribution in [3.63, 3.8) is 0 Å². The molecule has 0 aliphatic carbocycles. The highest BCUT2D eigenvalue weighted by Crippen LogP contribution is 2.31. The Hall–Kier alpha value is -3.25. The van der Waals surface area contributed by atoms with Crippen LogP contribution in [0.4, 0.5) is 15.8 Å². The molecular formula is C26H28ClFN2O3. The van der Waals surface area contributed by atoms with Crippen LogP contribution in [0.25, 0.3) is 0 Å². The van der Waals surface area contributed by atoms with E-state index in [-0.39, 0.29) is 18.4 Å². The van der Waals surface area contributed by atoms with Crippen LogP contribution in [-0.2, 0) is 17.9 Å². The Morgan fingerprint density at radius 1 is 1.00 bits per heavy atom. The molecule has 0 fully saturated rings. The zero-order valence-corrected chi connectivity index (χ0v) is 19.7. The summed E-state index contributed by atoms with van der Waals surface area (Å²) < 4.78 is 25.6. The van der Waals surface area contributed by atoms with E-state index in [2.05, 4.69) is 10.6 Å². The number of rotatable bonds is 10. The molecule has 0 saturated carbocycles. The van der Waals surface area contributed by atoms with Gasteiger partial charge in [-0.25, -0.2) is 4.39 Å². The molecule has 5 nitrogen and oxygen atoms in total. The third kappa shape index (κ3) is 6.86. The summed E-state index contributed by atoms with van der Waals surface area (Å²) in [5.41, 5.74) is 2.98. The molecule has 3 rings (SSSR count). The van der Waals surface area contributed by atoms with E-state index in [0.29, 0.717) is 35.2 Å². The summed E-state index contributed by atoms with van der Waals surface area (Å²) in [5.74, 6) is 0.606. The number of amides is 1. The minimum atomic E-state index is -0.406. The largest absolute Gasteiger partial charge is 0.490 e. The van der Waals surface area contributed by atoms with Gasteiger partial charge in [0.1, 0.15) is 12.4 Å². The van der Waals surface area contributed by atoms with E-state index in [9.17, 15) is 9.18 Å².